The maximum absolute atomic E-state index is 12.1. The van der Waals surface area contributed by atoms with E-state index in [9.17, 15) is 4.79 Å². The van der Waals surface area contributed by atoms with Crippen LogP contribution in [0.25, 0.3) is 0 Å². The second-order valence-electron chi connectivity index (χ2n) is 5.82. The molecule has 1 atom stereocenters. The summed E-state index contributed by atoms with van der Waals surface area (Å²) in [5.41, 5.74) is -0.412. The maximum atomic E-state index is 12.1. The number of amides is 1. The molecule has 1 rings (SSSR count). The van der Waals surface area contributed by atoms with E-state index in [0.717, 1.165) is 25.9 Å². The average Bonchev–Trinajstić information content (AvgIpc) is 2.15. The molecule has 0 bridgehead atoms. The van der Waals surface area contributed by atoms with Gasteiger partial charge < -0.3 is 14.5 Å². The molecular weight excluding hydrogens is 216 g/mol. The van der Waals surface area contributed by atoms with Gasteiger partial charge in [0, 0.05) is 19.1 Å². The molecule has 4 nitrogen and oxygen atoms in total. The molecule has 0 aromatic heterocycles. The fraction of sp³-hybridized carbons (Fsp3) is 0.923. The Morgan fingerprint density at radius 2 is 2.12 bits per heavy atom. The lowest BCUT2D eigenvalue weighted by molar-refractivity contribution is 0.00943. The van der Waals surface area contributed by atoms with Gasteiger partial charge in [-0.2, -0.15) is 0 Å². The van der Waals surface area contributed by atoms with Gasteiger partial charge in [0.25, 0.3) is 0 Å². The van der Waals surface area contributed by atoms with Crippen molar-refractivity contribution in [3.8, 4) is 0 Å². The van der Waals surface area contributed by atoms with Gasteiger partial charge in [0.2, 0.25) is 0 Å². The highest BCUT2D eigenvalue weighted by atomic mass is 16.6. The van der Waals surface area contributed by atoms with Crippen molar-refractivity contribution in [2.75, 3.05) is 26.7 Å². The Morgan fingerprint density at radius 3 is 2.59 bits per heavy atom. The van der Waals surface area contributed by atoms with Crippen molar-refractivity contribution in [2.24, 2.45) is 0 Å². The van der Waals surface area contributed by atoms with Gasteiger partial charge in [0.15, 0.2) is 0 Å². The molecule has 0 saturated carbocycles. The first-order valence-corrected chi connectivity index (χ1v) is 6.51. The molecule has 17 heavy (non-hydrogen) atoms. The molecule has 100 valence electrons. The van der Waals surface area contributed by atoms with Crippen LogP contribution in [0.5, 0.6) is 0 Å². The molecule has 0 aliphatic carbocycles. The molecule has 0 radical (unpaired) electrons. The SMILES string of the molecule is CCN(C(=O)OC(C)(C)C)C1CCCN(C)C1. The topological polar surface area (TPSA) is 32.8 Å². The molecule has 1 saturated heterocycles. The van der Waals surface area contributed by atoms with Crippen LogP contribution in [-0.4, -0.2) is 54.2 Å². The Kier molecular flexibility index (Phi) is 4.80. The number of likely N-dealkylation sites (N-methyl/N-ethyl adjacent to an activating group) is 2. The summed E-state index contributed by atoms with van der Waals surface area (Å²) in [6.07, 6.45) is 2.05. The molecule has 0 aromatic carbocycles. The van der Waals surface area contributed by atoms with Crippen LogP contribution in [0, 0.1) is 0 Å². The normalized spacial score (nSPS) is 22.3. The number of carbonyl (C=O) groups is 1. The smallest absolute Gasteiger partial charge is 0.410 e. The summed E-state index contributed by atoms with van der Waals surface area (Å²) >= 11 is 0. The van der Waals surface area contributed by atoms with E-state index in [1.165, 1.54) is 0 Å². The number of hydrogen-bond donors (Lipinski definition) is 0. The highest BCUT2D eigenvalue weighted by molar-refractivity contribution is 5.68. The zero-order chi connectivity index (χ0) is 13.1. The van der Waals surface area contributed by atoms with Crippen LogP contribution in [0.2, 0.25) is 0 Å². The second kappa shape index (κ2) is 5.71. The number of piperidine rings is 1. The van der Waals surface area contributed by atoms with E-state index in [0.29, 0.717) is 12.6 Å². The third kappa shape index (κ3) is 4.54. The largest absolute Gasteiger partial charge is 0.444 e. The third-order valence-electron chi connectivity index (χ3n) is 3.01. The molecular formula is C13H26N2O2. The minimum Gasteiger partial charge on any atom is -0.444 e. The standard InChI is InChI=1S/C13H26N2O2/c1-6-15(12(16)17-13(2,3)4)11-8-7-9-14(5)10-11/h11H,6-10H2,1-5H3. The molecule has 1 fully saturated rings. The number of rotatable bonds is 2. The van der Waals surface area contributed by atoms with Gasteiger partial charge in [0.1, 0.15) is 5.60 Å². The van der Waals surface area contributed by atoms with Crippen molar-refractivity contribution >= 4 is 6.09 Å². The van der Waals surface area contributed by atoms with Crippen molar-refractivity contribution in [3.05, 3.63) is 0 Å². The summed E-state index contributed by atoms with van der Waals surface area (Å²) in [5, 5.41) is 0. The van der Waals surface area contributed by atoms with Crippen molar-refractivity contribution in [1.29, 1.82) is 0 Å². The lowest BCUT2D eigenvalue weighted by Gasteiger charge is -2.38. The van der Waals surface area contributed by atoms with Crippen LogP contribution in [0.15, 0.2) is 0 Å². The lowest BCUT2D eigenvalue weighted by Crippen LogP contribution is -2.50. The quantitative estimate of drug-likeness (QED) is 0.745. The minimum atomic E-state index is -0.412. The van der Waals surface area contributed by atoms with Gasteiger partial charge in [-0.25, -0.2) is 4.79 Å². The van der Waals surface area contributed by atoms with E-state index in [1.807, 2.05) is 32.6 Å². The fourth-order valence-corrected chi connectivity index (χ4v) is 2.25. The molecule has 0 spiro atoms. The van der Waals surface area contributed by atoms with E-state index >= 15 is 0 Å². The third-order valence-corrected chi connectivity index (χ3v) is 3.01. The summed E-state index contributed by atoms with van der Waals surface area (Å²) in [7, 11) is 2.11. The summed E-state index contributed by atoms with van der Waals surface area (Å²) in [6.45, 7) is 10.5. The van der Waals surface area contributed by atoms with Gasteiger partial charge in [0.05, 0.1) is 0 Å². The molecule has 0 aromatic rings. The van der Waals surface area contributed by atoms with Crippen LogP contribution in [0.1, 0.15) is 40.5 Å². The monoisotopic (exact) mass is 242 g/mol. The van der Waals surface area contributed by atoms with E-state index < -0.39 is 5.60 Å². The Balaban J connectivity index is 2.60. The number of nitrogens with zero attached hydrogens (tertiary/aromatic N) is 2. The zero-order valence-electron chi connectivity index (χ0n) is 11.8. The first-order chi connectivity index (χ1) is 7.83. The van der Waals surface area contributed by atoms with Gasteiger partial charge >= 0.3 is 6.09 Å². The van der Waals surface area contributed by atoms with E-state index in [4.69, 9.17) is 4.74 Å². The molecule has 1 unspecified atom stereocenters. The molecule has 1 aliphatic rings. The van der Waals surface area contributed by atoms with E-state index in [-0.39, 0.29) is 6.09 Å². The number of ether oxygens (including phenoxy) is 1. The Hall–Kier alpha value is -0.770. The van der Waals surface area contributed by atoms with Crippen LogP contribution < -0.4 is 0 Å². The van der Waals surface area contributed by atoms with Crippen molar-refractivity contribution < 1.29 is 9.53 Å². The molecule has 0 N–H and O–H groups in total. The first-order valence-electron chi connectivity index (χ1n) is 6.51. The van der Waals surface area contributed by atoms with Crippen LogP contribution >= 0.6 is 0 Å². The van der Waals surface area contributed by atoms with E-state index in [1.54, 1.807) is 0 Å². The maximum Gasteiger partial charge on any atom is 0.410 e. The first kappa shape index (κ1) is 14.3. The molecule has 4 heteroatoms. The predicted molar refractivity (Wildman–Crippen MR) is 69.1 cm³/mol. The van der Waals surface area contributed by atoms with Gasteiger partial charge in [-0.3, -0.25) is 0 Å². The van der Waals surface area contributed by atoms with Crippen LogP contribution in [-0.2, 0) is 4.74 Å². The highest BCUT2D eigenvalue weighted by Gasteiger charge is 2.29. The number of likely N-dealkylation sites (tertiary alicyclic amines) is 1. The van der Waals surface area contributed by atoms with Gasteiger partial charge in [-0.15, -0.1) is 0 Å². The number of carbonyl (C=O) groups excluding carboxylic acids is 1. The van der Waals surface area contributed by atoms with Crippen molar-refractivity contribution in [1.82, 2.24) is 9.80 Å². The van der Waals surface area contributed by atoms with Crippen LogP contribution in [0.3, 0.4) is 0 Å². The average molecular weight is 242 g/mol. The minimum absolute atomic E-state index is 0.180. The molecule has 1 amide bonds. The summed E-state index contributed by atoms with van der Waals surface area (Å²) in [4.78, 5) is 16.2. The van der Waals surface area contributed by atoms with E-state index in [2.05, 4.69) is 11.9 Å². The number of hydrogen-bond acceptors (Lipinski definition) is 3. The van der Waals surface area contributed by atoms with Gasteiger partial charge in [-0.05, 0) is 54.1 Å². The summed E-state index contributed by atoms with van der Waals surface area (Å²) in [5.74, 6) is 0. The Bertz CT molecular complexity index is 261. The summed E-state index contributed by atoms with van der Waals surface area (Å²) in [6, 6.07) is 0.300. The van der Waals surface area contributed by atoms with Gasteiger partial charge in [-0.1, -0.05) is 0 Å². The lowest BCUT2D eigenvalue weighted by atomic mass is 10.1. The Morgan fingerprint density at radius 1 is 1.47 bits per heavy atom. The van der Waals surface area contributed by atoms with Crippen molar-refractivity contribution in [3.63, 3.8) is 0 Å². The zero-order valence-corrected chi connectivity index (χ0v) is 11.8. The van der Waals surface area contributed by atoms with Crippen molar-refractivity contribution in [2.45, 2.75) is 52.2 Å². The Labute approximate surface area is 105 Å². The second-order valence-corrected chi connectivity index (χ2v) is 5.82. The molecule has 1 aliphatic heterocycles. The fourth-order valence-electron chi connectivity index (χ4n) is 2.25. The van der Waals surface area contributed by atoms with Crippen LogP contribution in [0.4, 0.5) is 4.79 Å². The predicted octanol–water partition coefficient (Wildman–Crippen LogP) is 2.34. The highest BCUT2D eigenvalue weighted by Crippen LogP contribution is 2.18. The summed E-state index contributed by atoms with van der Waals surface area (Å²) < 4.78 is 5.45. The molecule has 1 heterocycles.